The van der Waals surface area contributed by atoms with E-state index in [1.165, 1.54) is 0 Å². The molecule has 1 N–H and O–H groups in total. The van der Waals surface area contributed by atoms with Gasteiger partial charge in [-0.3, -0.25) is 0 Å². The molecule has 3 aromatic rings. The number of aliphatic hydroxyl groups is 1. The minimum Gasteiger partial charge on any atom is -0.386 e. The molecule has 3 nitrogen and oxygen atoms in total. The summed E-state index contributed by atoms with van der Waals surface area (Å²) in [6.07, 6.45) is 1.65. The molecule has 0 aliphatic heterocycles. The summed E-state index contributed by atoms with van der Waals surface area (Å²) >= 11 is 3.52. The number of hydrogen-bond acceptors (Lipinski definition) is 2. The normalized spacial score (nSPS) is 12.3. The van der Waals surface area contributed by atoms with Crippen molar-refractivity contribution in [1.29, 1.82) is 0 Å². The monoisotopic (exact) mass is 342 g/mol. The lowest BCUT2D eigenvalue weighted by Gasteiger charge is -2.14. The van der Waals surface area contributed by atoms with Crippen LogP contribution in [0, 0.1) is 0 Å². The first kappa shape index (κ1) is 14.0. The van der Waals surface area contributed by atoms with Crippen molar-refractivity contribution in [2.24, 2.45) is 0 Å². The van der Waals surface area contributed by atoms with Crippen molar-refractivity contribution in [3.8, 4) is 5.69 Å². The Morgan fingerprint density at radius 3 is 2.48 bits per heavy atom. The molecular weight excluding hydrogens is 328 g/mol. The predicted molar refractivity (Wildman–Crippen MR) is 86.4 cm³/mol. The third kappa shape index (κ3) is 3.06. The first-order chi connectivity index (χ1) is 10.3. The topological polar surface area (TPSA) is 38.1 Å². The molecule has 0 radical (unpaired) electrons. The van der Waals surface area contributed by atoms with Crippen LogP contribution in [0.5, 0.6) is 0 Å². The van der Waals surface area contributed by atoms with Crippen LogP contribution in [0.15, 0.2) is 71.3 Å². The van der Waals surface area contributed by atoms with Gasteiger partial charge in [0, 0.05) is 17.1 Å². The summed E-state index contributed by atoms with van der Waals surface area (Å²) in [4.78, 5) is 0. The molecular formula is C17H15BrN2O. The largest absolute Gasteiger partial charge is 0.386 e. The zero-order valence-corrected chi connectivity index (χ0v) is 12.9. The van der Waals surface area contributed by atoms with E-state index in [-0.39, 0.29) is 0 Å². The van der Waals surface area contributed by atoms with E-state index < -0.39 is 6.10 Å². The summed E-state index contributed by atoms with van der Waals surface area (Å²) in [6.45, 7) is 0. The average Bonchev–Trinajstić information content (AvgIpc) is 3.00. The Morgan fingerprint density at radius 2 is 1.71 bits per heavy atom. The fourth-order valence-electron chi connectivity index (χ4n) is 2.33. The van der Waals surface area contributed by atoms with Gasteiger partial charge < -0.3 is 5.11 Å². The maximum atomic E-state index is 10.5. The molecule has 0 bridgehead atoms. The van der Waals surface area contributed by atoms with Gasteiger partial charge in [-0.15, -0.1) is 0 Å². The Hall–Kier alpha value is -1.91. The lowest BCUT2D eigenvalue weighted by atomic mass is 10.1. The van der Waals surface area contributed by atoms with Crippen molar-refractivity contribution in [2.45, 2.75) is 12.5 Å². The number of aromatic nitrogens is 2. The van der Waals surface area contributed by atoms with Crippen molar-refractivity contribution in [2.75, 3.05) is 0 Å². The van der Waals surface area contributed by atoms with Crippen LogP contribution in [-0.4, -0.2) is 14.9 Å². The highest BCUT2D eigenvalue weighted by Gasteiger charge is 2.16. The van der Waals surface area contributed by atoms with Crippen LogP contribution in [-0.2, 0) is 6.42 Å². The van der Waals surface area contributed by atoms with Gasteiger partial charge in [0.05, 0.1) is 11.4 Å². The molecule has 1 aromatic heterocycles. The minimum atomic E-state index is -0.605. The first-order valence-corrected chi connectivity index (χ1v) is 7.56. The van der Waals surface area contributed by atoms with Gasteiger partial charge in [-0.2, -0.15) is 5.10 Å². The van der Waals surface area contributed by atoms with Crippen molar-refractivity contribution >= 4 is 15.9 Å². The SMILES string of the molecule is OC(Cc1ccccc1Br)c1ccnn1-c1ccccc1. The Labute approximate surface area is 132 Å². The van der Waals surface area contributed by atoms with E-state index in [4.69, 9.17) is 0 Å². The molecule has 1 unspecified atom stereocenters. The van der Waals surface area contributed by atoms with Crippen molar-refractivity contribution in [3.63, 3.8) is 0 Å². The maximum Gasteiger partial charge on any atom is 0.100 e. The molecule has 0 saturated heterocycles. The van der Waals surface area contributed by atoms with Crippen LogP contribution in [0.2, 0.25) is 0 Å². The maximum absolute atomic E-state index is 10.5. The molecule has 4 heteroatoms. The van der Waals surface area contributed by atoms with Gasteiger partial charge in [0.25, 0.3) is 0 Å². The van der Waals surface area contributed by atoms with E-state index in [2.05, 4.69) is 21.0 Å². The highest BCUT2D eigenvalue weighted by molar-refractivity contribution is 9.10. The number of benzene rings is 2. The number of rotatable bonds is 4. The van der Waals surface area contributed by atoms with E-state index in [1.54, 1.807) is 10.9 Å². The minimum absolute atomic E-state index is 0.542. The highest BCUT2D eigenvalue weighted by atomic mass is 79.9. The van der Waals surface area contributed by atoms with Crippen molar-refractivity contribution < 1.29 is 5.11 Å². The molecule has 3 rings (SSSR count). The Bertz CT molecular complexity index is 724. The Balaban J connectivity index is 1.88. The number of para-hydroxylation sites is 1. The van der Waals surface area contributed by atoms with Gasteiger partial charge in [0.1, 0.15) is 6.10 Å². The van der Waals surface area contributed by atoms with E-state index in [0.29, 0.717) is 6.42 Å². The first-order valence-electron chi connectivity index (χ1n) is 6.76. The predicted octanol–water partition coefficient (Wildman–Crippen LogP) is 3.91. The van der Waals surface area contributed by atoms with Gasteiger partial charge in [-0.1, -0.05) is 52.3 Å². The van der Waals surface area contributed by atoms with Gasteiger partial charge >= 0.3 is 0 Å². The lowest BCUT2D eigenvalue weighted by Crippen LogP contribution is -2.09. The van der Waals surface area contributed by atoms with Gasteiger partial charge in [-0.05, 0) is 29.8 Å². The fraction of sp³-hybridized carbons (Fsp3) is 0.118. The van der Waals surface area contributed by atoms with Crippen molar-refractivity contribution in [1.82, 2.24) is 9.78 Å². The fourth-order valence-corrected chi connectivity index (χ4v) is 2.77. The molecule has 1 heterocycles. The lowest BCUT2D eigenvalue weighted by molar-refractivity contribution is 0.170. The molecule has 0 fully saturated rings. The zero-order chi connectivity index (χ0) is 14.7. The second kappa shape index (κ2) is 6.24. The summed E-state index contributed by atoms with van der Waals surface area (Å²) in [7, 11) is 0. The van der Waals surface area contributed by atoms with Crippen LogP contribution in [0.3, 0.4) is 0 Å². The molecule has 0 amide bonds. The van der Waals surface area contributed by atoms with Crippen LogP contribution < -0.4 is 0 Å². The van der Waals surface area contributed by atoms with E-state index in [1.807, 2.05) is 60.7 Å². The summed E-state index contributed by atoms with van der Waals surface area (Å²) < 4.78 is 2.79. The van der Waals surface area contributed by atoms with E-state index >= 15 is 0 Å². The molecule has 1 atom stereocenters. The third-order valence-electron chi connectivity index (χ3n) is 3.39. The summed E-state index contributed by atoms with van der Waals surface area (Å²) in [6, 6.07) is 19.6. The van der Waals surface area contributed by atoms with Gasteiger partial charge in [0.15, 0.2) is 0 Å². The number of aliphatic hydroxyl groups excluding tert-OH is 1. The smallest absolute Gasteiger partial charge is 0.100 e. The van der Waals surface area contributed by atoms with Crippen LogP contribution >= 0.6 is 15.9 Å². The summed E-state index contributed by atoms with van der Waals surface area (Å²) in [5.74, 6) is 0. The van der Waals surface area contributed by atoms with Gasteiger partial charge in [0.2, 0.25) is 0 Å². The van der Waals surface area contributed by atoms with Crippen LogP contribution in [0.4, 0.5) is 0 Å². The molecule has 0 aliphatic carbocycles. The average molecular weight is 343 g/mol. The van der Waals surface area contributed by atoms with E-state index in [0.717, 1.165) is 21.4 Å². The second-order valence-corrected chi connectivity index (χ2v) is 5.67. The third-order valence-corrected chi connectivity index (χ3v) is 4.16. The van der Waals surface area contributed by atoms with Crippen molar-refractivity contribution in [3.05, 3.63) is 82.6 Å². The Morgan fingerprint density at radius 1 is 1.00 bits per heavy atom. The number of hydrogen-bond donors (Lipinski definition) is 1. The summed E-state index contributed by atoms with van der Waals surface area (Å²) in [5.41, 5.74) is 2.81. The quantitative estimate of drug-likeness (QED) is 0.780. The number of nitrogens with zero attached hydrogens (tertiary/aromatic N) is 2. The molecule has 21 heavy (non-hydrogen) atoms. The zero-order valence-electron chi connectivity index (χ0n) is 11.4. The molecule has 0 saturated carbocycles. The Kier molecular flexibility index (Phi) is 4.18. The molecule has 106 valence electrons. The van der Waals surface area contributed by atoms with Crippen LogP contribution in [0.25, 0.3) is 5.69 Å². The van der Waals surface area contributed by atoms with E-state index in [9.17, 15) is 5.11 Å². The molecule has 0 aliphatic rings. The van der Waals surface area contributed by atoms with Crippen LogP contribution in [0.1, 0.15) is 17.4 Å². The highest BCUT2D eigenvalue weighted by Crippen LogP contribution is 2.24. The molecule has 0 spiro atoms. The van der Waals surface area contributed by atoms with Gasteiger partial charge in [-0.25, -0.2) is 4.68 Å². The summed E-state index contributed by atoms with van der Waals surface area (Å²) in [5, 5.41) is 14.9. The second-order valence-electron chi connectivity index (χ2n) is 4.81. The number of halogens is 1. The standard InChI is InChI=1S/C17H15BrN2O/c18-15-9-5-4-6-13(15)12-17(21)16-10-11-19-20(16)14-7-2-1-3-8-14/h1-11,17,21H,12H2. The molecule has 2 aromatic carbocycles.